The van der Waals surface area contributed by atoms with Crippen LogP contribution in [0.15, 0.2) is 12.1 Å². The number of nitrogens with zero attached hydrogens (tertiary/aromatic N) is 4. The first-order valence-electron chi connectivity index (χ1n) is 11.4. The maximum absolute atomic E-state index is 13.8. The van der Waals surface area contributed by atoms with Gasteiger partial charge in [-0.15, -0.1) is 0 Å². The summed E-state index contributed by atoms with van der Waals surface area (Å²) in [6, 6.07) is 1.76. The number of ether oxygens (including phenoxy) is 2. The van der Waals surface area contributed by atoms with Crippen LogP contribution in [0.3, 0.4) is 0 Å². The number of nitrogens with two attached hydrogens (primary N) is 2. The Morgan fingerprint density at radius 1 is 1.26 bits per heavy atom. The standard InChI is InChI=1S/C23H30F2N6O4/c1-23(2,3)35-22(33)30-7-5-6-12(30)10-31-20(26)18(21(27)32)19(28-31)17-11-29(4)15-8-13(24)14(25)9-16(15)34-17/h8-9,12,17H,5-7,10-11,26H2,1-4H3,(H2,27,32)/t12-,17?/m0/s1. The molecule has 2 aliphatic heterocycles. The molecule has 1 saturated heterocycles. The van der Waals surface area contributed by atoms with Gasteiger partial charge < -0.3 is 30.7 Å². The molecule has 1 aromatic carbocycles. The molecule has 0 radical (unpaired) electrons. The van der Waals surface area contributed by atoms with Crippen molar-refractivity contribution >= 4 is 23.5 Å². The lowest BCUT2D eigenvalue weighted by atomic mass is 10.1. The Morgan fingerprint density at radius 3 is 2.60 bits per heavy atom. The fourth-order valence-electron chi connectivity index (χ4n) is 4.49. The van der Waals surface area contributed by atoms with Gasteiger partial charge in [0.15, 0.2) is 17.7 Å². The van der Waals surface area contributed by atoms with Crippen molar-refractivity contribution in [1.29, 1.82) is 0 Å². The van der Waals surface area contributed by atoms with Gasteiger partial charge in [-0.3, -0.25) is 4.79 Å². The summed E-state index contributed by atoms with van der Waals surface area (Å²) in [7, 11) is 1.69. The number of aromatic nitrogens is 2. The third kappa shape index (κ3) is 4.82. The monoisotopic (exact) mass is 492 g/mol. The molecular weight excluding hydrogens is 462 g/mol. The maximum atomic E-state index is 13.8. The number of anilines is 2. The first kappa shape index (κ1) is 24.6. The van der Waals surface area contributed by atoms with E-state index in [1.165, 1.54) is 4.68 Å². The van der Waals surface area contributed by atoms with Crippen molar-refractivity contribution in [2.24, 2.45) is 5.73 Å². The van der Waals surface area contributed by atoms with Crippen LogP contribution in [0, 0.1) is 11.6 Å². The van der Waals surface area contributed by atoms with Crippen LogP contribution < -0.4 is 21.1 Å². The van der Waals surface area contributed by atoms with Crippen LogP contribution in [0.25, 0.3) is 0 Å². The molecule has 3 heterocycles. The third-order valence-corrected chi connectivity index (χ3v) is 6.08. The molecular formula is C23H30F2N6O4. The highest BCUT2D eigenvalue weighted by Gasteiger charge is 2.36. The molecule has 2 aromatic rings. The second kappa shape index (κ2) is 8.90. The number of benzene rings is 1. The summed E-state index contributed by atoms with van der Waals surface area (Å²) in [6.07, 6.45) is 0.259. The largest absolute Gasteiger partial charge is 0.480 e. The molecule has 4 rings (SSSR count). The summed E-state index contributed by atoms with van der Waals surface area (Å²) in [5.41, 5.74) is 11.8. The normalized spacial score (nSPS) is 19.9. The number of carbonyl (C=O) groups excluding carboxylic acids is 2. The lowest BCUT2D eigenvalue weighted by molar-refractivity contribution is 0.0211. The minimum atomic E-state index is -1.05. The molecule has 190 valence electrons. The van der Waals surface area contributed by atoms with Crippen LogP contribution in [0.5, 0.6) is 5.75 Å². The molecule has 0 aliphatic carbocycles. The van der Waals surface area contributed by atoms with Crippen molar-refractivity contribution in [3.63, 3.8) is 0 Å². The predicted octanol–water partition coefficient (Wildman–Crippen LogP) is 2.81. The van der Waals surface area contributed by atoms with Crippen LogP contribution in [0.4, 0.5) is 25.1 Å². The molecule has 35 heavy (non-hydrogen) atoms. The van der Waals surface area contributed by atoms with E-state index in [1.54, 1.807) is 37.6 Å². The quantitative estimate of drug-likeness (QED) is 0.671. The van der Waals surface area contributed by atoms with E-state index in [-0.39, 0.29) is 42.0 Å². The average Bonchev–Trinajstić information content (AvgIpc) is 3.33. The van der Waals surface area contributed by atoms with Gasteiger partial charge in [-0.05, 0) is 33.6 Å². The molecule has 4 N–H and O–H groups in total. The van der Waals surface area contributed by atoms with Gasteiger partial charge in [0.1, 0.15) is 28.4 Å². The number of likely N-dealkylation sites (N-methyl/N-ethyl adjacent to an activating group) is 1. The Morgan fingerprint density at radius 2 is 1.94 bits per heavy atom. The topological polar surface area (TPSA) is 129 Å². The number of halogens is 2. The smallest absolute Gasteiger partial charge is 0.410 e. The fraction of sp³-hybridized carbons (Fsp3) is 0.522. The molecule has 10 nitrogen and oxygen atoms in total. The summed E-state index contributed by atoms with van der Waals surface area (Å²) >= 11 is 0. The Kier molecular flexibility index (Phi) is 6.24. The number of hydrogen-bond acceptors (Lipinski definition) is 7. The number of rotatable bonds is 4. The fourth-order valence-corrected chi connectivity index (χ4v) is 4.49. The van der Waals surface area contributed by atoms with E-state index in [2.05, 4.69) is 5.10 Å². The number of fused-ring (bicyclic) bond motifs is 1. The number of hydrogen-bond donors (Lipinski definition) is 2. The minimum absolute atomic E-state index is 0.00347. The molecule has 2 atom stereocenters. The molecule has 1 aromatic heterocycles. The number of primary amides is 1. The van der Waals surface area contributed by atoms with Crippen LogP contribution in [-0.4, -0.2) is 58.5 Å². The van der Waals surface area contributed by atoms with Crippen LogP contribution in [-0.2, 0) is 11.3 Å². The second-order valence-electron chi connectivity index (χ2n) is 9.88. The number of likely N-dealkylation sites (tertiary alicyclic amines) is 1. The molecule has 2 aliphatic rings. The number of nitrogen functional groups attached to an aromatic ring is 1. The summed E-state index contributed by atoms with van der Waals surface area (Å²) in [4.78, 5) is 28.3. The summed E-state index contributed by atoms with van der Waals surface area (Å²) < 4.78 is 40.4. The zero-order chi connectivity index (χ0) is 25.7. The van der Waals surface area contributed by atoms with Crippen molar-refractivity contribution in [3.8, 4) is 5.75 Å². The van der Waals surface area contributed by atoms with Gasteiger partial charge in [0, 0.05) is 25.7 Å². The van der Waals surface area contributed by atoms with Gasteiger partial charge in [0.05, 0.1) is 24.8 Å². The number of amides is 2. The summed E-state index contributed by atoms with van der Waals surface area (Å²) in [5, 5.41) is 4.53. The van der Waals surface area contributed by atoms with E-state index < -0.39 is 35.3 Å². The van der Waals surface area contributed by atoms with Gasteiger partial charge in [-0.1, -0.05) is 0 Å². The zero-order valence-electron chi connectivity index (χ0n) is 20.2. The summed E-state index contributed by atoms with van der Waals surface area (Å²) in [5.74, 6) is -2.68. The molecule has 1 unspecified atom stereocenters. The maximum Gasteiger partial charge on any atom is 0.410 e. The molecule has 0 saturated carbocycles. The molecule has 0 spiro atoms. The van der Waals surface area contributed by atoms with Crippen molar-refractivity contribution < 1.29 is 27.8 Å². The number of carbonyl (C=O) groups is 2. The Bertz CT molecular complexity index is 1160. The van der Waals surface area contributed by atoms with Crippen molar-refractivity contribution in [2.75, 3.05) is 30.8 Å². The van der Waals surface area contributed by atoms with Crippen molar-refractivity contribution in [1.82, 2.24) is 14.7 Å². The lowest BCUT2D eigenvalue weighted by Gasteiger charge is -2.33. The van der Waals surface area contributed by atoms with Crippen LogP contribution in [0.1, 0.15) is 55.8 Å². The Labute approximate surface area is 201 Å². The molecule has 0 bridgehead atoms. The van der Waals surface area contributed by atoms with Crippen LogP contribution in [0.2, 0.25) is 0 Å². The zero-order valence-corrected chi connectivity index (χ0v) is 20.2. The molecule has 12 heteroatoms. The SMILES string of the molecule is CN1CC(c2nn(C[C@@H]3CCCN3C(=O)OC(C)(C)C)c(N)c2C(N)=O)Oc2cc(F)c(F)cc21. The predicted molar refractivity (Wildman–Crippen MR) is 124 cm³/mol. The van der Waals surface area contributed by atoms with E-state index in [4.69, 9.17) is 20.9 Å². The van der Waals surface area contributed by atoms with E-state index in [1.807, 2.05) is 0 Å². The second-order valence-corrected chi connectivity index (χ2v) is 9.88. The Balaban J connectivity index is 1.62. The van der Waals surface area contributed by atoms with Gasteiger partial charge in [0.2, 0.25) is 0 Å². The third-order valence-electron chi connectivity index (χ3n) is 6.08. The molecule has 2 amide bonds. The highest BCUT2D eigenvalue weighted by Crippen LogP contribution is 2.40. The highest BCUT2D eigenvalue weighted by molar-refractivity contribution is 5.98. The average molecular weight is 493 g/mol. The van der Waals surface area contributed by atoms with E-state index >= 15 is 0 Å². The Hall–Kier alpha value is -3.57. The minimum Gasteiger partial charge on any atom is -0.480 e. The van der Waals surface area contributed by atoms with Gasteiger partial charge in [-0.25, -0.2) is 18.3 Å². The van der Waals surface area contributed by atoms with Crippen molar-refractivity contribution in [2.45, 2.75) is 57.9 Å². The first-order valence-corrected chi connectivity index (χ1v) is 11.4. The summed E-state index contributed by atoms with van der Waals surface area (Å²) in [6.45, 7) is 6.35. The molecule has 1 fully saturated rings. The first-order chi connectivity index (χ1) is 16.4. The highest BCUT2D eigenvalue weighted by atomic mass is 19.2. The van der Waals surface area contributed by atoms with E-state index in [9.17, 15) is 18.4 Å². The van der Waals surface area contributed by atoms with Gasteiger partial charge in [-0.2, -0.15) is 5.10 Å². The van der Waals surface area contributed by atoms with Gasteiger partial charge >= 0.3 is 6.09 Å². The van der Waals surface area contributed by atoms with E-state index in [0.717, 1.165) is 18.6 Å². The lowest BCUT2D eigenvalue weighted by Crippen LogP contribution is -2.41. The van der Waals surface area contributed by atoms with Gasteiger partial charge in [0.25, 0.3) is 5.91 Å². The van der Waals surface area contributed by atoms with Crippen molar-refractivity contribution in [3.05, 3.63) is 35.0 Å². The van der Waals surface area contributed by atoms with Crippen LogP contribution >= 0.6 is 0 Å². The van der Waals surface area contributed by atoms with E-state index in [0.29, 0.717) is 18.7 Å².